The molecule has 0 aliphatic carbocycles. The van der Waals surface area contributed by atoms with Crippen LogP contribution >= 0.6 is 7.92 Å². The predicted molar refractivity (Wildman–Crippen MR) is 117 cm³/mol. The zero-order valence-corrected chi connectivity index (χ0v) is 18.0. The molecule has 0 unspecified atom stereocenters. The topological polar surface area (TPSA) is 38.3 Å². The van der Waals surface area contributed by atoms with Crippen LogP contribution in [0.3, 0.4) is 0 Å². The fourth-order valence-corrected chi connectivity index (χ4v) is 5.51. The van der Waals surface area contributed by atoms with Gasteiger partial charge >= 0.3 is 6.09 Å². The number of hydrogen-bond acceptors (Lipinski definition) is 2. The van der Waals surface area contributed by atoms with E-state index in [9.17, 15) is 4.79 Å². The number of alkyl carbamates (subject to hydrolysis) is 1. The van der Waals surface area contributed by atoms with Crippen LogP contribution in [0.4, 0.5) is 4.79 Å². The van der Waals surface area contributed by atoms with Gasteiger partial charge < -0.3 is 10.1 Å². The third kappa shape index (κ3) is 6.99. The number of rotatable bonds is 7. The maximum atomic E-state index is 12.4. The third-order valence-corrected chi connectivity index (χ3v) is 7.15. The normalized spacial score (nSPS) is 13.9. The van der Waals surface area contributed by atoms with Crippen LogP contribution < -0.4 is 15.9 Å². The van der Waals surface area contributed by atoms with E-state index in [0.29, 0.717) is 5.92 Å². The van der Waals surface area contributed by atoms with Gasteiger partial charge in [-0.2, -0.15) is 0 Å². The molecule has 2 aromatic rings. The second-order valence-corrected chi connectivity index (χ2v) is 10.2. The molecule has 4 heteroatoms. The Hall–Kier alpha value is -1.86. The van der Waals surface area contributed by atoms with Crippen LogP contribution in [0, 0.1) is 5.92 Å². The van der Waals surface area contributed by atoms with Crippen LogP contribution in [-0.2, 0) is 4.74 Å². The summed E-state index contributed by atoms with van der Waals surface area (Å²) in [6.45, 7) is 10.1. The summed E-state index contributed by atoms with van der Waals surface area (Å²) < 4.78 is 5.51. The first kappa shape index (κ1) is 21.4. The zero-order chi connectivity index (χ0) is 19.9. The van der Waals surface area contributed by atoms with E-state index in [1.807, 2.05) is 32.9 Å². The number of benzene rings is 2. The fourth-order valence-electron chi connectivity index (χ4n) is 2.88. The lowest BCUT2D eigenvalue weighted by Gasteiger charge is -2.30. The van der Waals surface area contributed by atoms with E-state index >= 15 is 0 Å². The average Bonchev–Trinajstić information content (AvgIpc) is 2.64. The largest absolute Gasteiger partial charge is 0.444 e. The summed E-state index contributed by atoms with van der Waals surface area (Å²) in [6.07, 6.45) is 1.58. The molecule has 0 aromatic heterocycles. The molecule has 1 N–H and O–H groups in total. The lowest BCUT2D eigenvalue weighted by Crippen LogP contribution is -2.45. The average molecular weight is 385 g/mol. The molecule has 0 saturated carbocycles. The van der Waals surface area contributed by atoms with Crippen molar-refractivity contribution in [1.82, 2.24) is 5.32 Å². The van der Waals surface area contributed by atoms with Crippen molar-refractivity contribution in [2.24, 2.45) is 5.92 Å². The van der Waals surface area contributed by atoms with Gasteiger partial charge in [-0.1, -0.05) is 80.9 Å². The maximum Gasteiger partial charge on any atom is 0.407 e. The highest BCUT2D eigenvalue weighted by atomic mass is 31.1. The Kier molecular flexibility index (Phi) is 7.86. The summed E-state index contributed by atoms with van der Waals surface area (Å²) in [5.74, 6) is 0.370. The molecule has 2 atom stereocenters. The summed E-state index contributed by atoms with van der Waals surface area (Å²) in [4.78, 5) is 12.4. The van der Waals surface area contributed by atoms with Gasteiger partial charge in [0.05, 0.1) is 0 Å². The van der Waals surface area contributed by atoms with E-state index in [4.69, 9.17) is 4.74 Å². The van der Waals surface area contributed by atoms with E-state index in [1.165, 1.54) is 10.6 Å². The molecular formula is C23H32NO2P. The van der Waals surface area contributed by atoms with Gasteiger partial charge in [0.25, 0.3) is 0 Å². The molecule has 0 radical (unpaired) electrons. The summed E-state index contributed by atoms with van der Waals surface area (Å²) in [5, 5.41) is 5.81. The van der Waals surface area contributed by atoms with Crippen LogP contribution in [0.15, 0.2) is 60.7 Å². The molecule has 3 nitrogen and oxygen atoms in total. The molecule has 0 bridgehead atoms. The standard InChI is InChI=1S/C23H32NO2P/c1-6-18(2)21(24-22(25)26-23(3,4)5)17-27(19-13-9-7-10-14-19)20-15-11-8-12-16-20/h7-16,18,21H,6,17H2,1-5H3,(H,24,25)/t18-,21+/m0/s1. The summed E-state index contributed by atoms with van der Waals surface area (Å²) in [5.41, 5.74) is -0.492. The van der Waals surface area contributed by atoms with Crippen molar-refractivity contribution in [2.45, 2.75) is 52.7 Å². The quantitative estimate of drug-likeness (QED) is 0.677. The Morgan fingerprint density at radius 1 is 1.00 bits per heavy atom. The van der Waals surface area contributed by atoms with Crippen LogP contribution in [0.5, 0.6) is 0 Å². The van der Waals surface area contributed by atoms with Crippen molar-refractivity contribution >= 4 is 24.6 Å². The van der Waals surface area contributed by atoms with Gasteiger partial charge in [0.15, 0.2) is 0 Å². The maximum absolute atomic E-state index is 12.4. The van der Waals surface area contributed by atoms with Crippen LogP contribution in [0.1, 0.15) is 41.0 Å². The van der Waals surface area contributed by atoms with Gasteiger partial charge in [0, 0.05) is 6.04 Å². The van der Waals surface area contributed by atoms with E-state index < -0.39 is 13.5 Å². The Labute approximate surface area is 165 Å². The summed E-state index contributed by atoms with van der Waals surface area (Å²) in [7, 11) is -0.562. The number of amides is 1. The van der Waals surface area contributed by atoms with Crippen molar-refractivity contribution in [1.29, 1.82) is 0 Å². The first-order valence-corrected chi connectivity index (χ1v) is 11.2. The lowest BCUT2D eigenvalue weighted by molar-refractivity contribution is 0.0494. The molecule has 0 aliphatic rings. The van der Waals surface area contributed by atoms with Crippen molar-refractivity contribution in [3.8, 4) is 0 Å². The van der Waals surface area contributed by atoms with Crippen LogP contribution in [0.2, 0.25) is 0 Å². The number of ether oxygens (including phenoxy) is 1. The van der Waals surface area contributed by atoms with E-state index in [1.54, 1.807) is 0 Å². The highest BCUT2D eigenvalue weighted by Gasteiger charge is 2.26. The monoisotopic (exact) mass is 385 g/mol. The van der Waals surface area contributed by atoms with E-state index in [-0.39, 0.29) is 12.1 Å². The molecule has 1 amide bonds. The van der Waals surface area contributed by atoms with Crippen molar-refractivity contribution in [2.75, 3.05) is 6.16 Å². The molecule has 146 valence electrons. The molecule has 0 aliphatic heterocycles. The molecule has 2 rings (SSSR count). The number of hydrogen-bond donors (Lipinski definition) is 1. The smallest absolute Gasteiger partial charge is 0.407 e. The number of carbonyl (C=O) groups is 1. The van der Waals surface area contributed by atoms with Gasteiger partial charge in [-0.3, -0.25) is 0 Å². The van der Waals surface area contributed by atoms with Crippen LogP contribution in [0.25, 0.3) is 0 Å². The molecule has 0 fully saturated rings. The lowest BCUT2D eigenvalue weighted by atomic mass is 10.0. The summed E-state index contributed by atoms with van der Waals surface area (Å²) in [6, 6.07) is 21.3. The minimum absolute atomic E-state index is 0.0661. The summed E-state index contributed by atoms with van der Waals surface area (Å²) >= 11 is 0. The van der Waals surface area contributed by atoms with Gasteiger partial charge in [0.2, 0.25) is 0 Å². The molecule has 0 saturated heterocycles. The van der Waals surface area contributed by atoms with Crippen molar-refractivity contribution in [3.05, 3.63) is 60.7 Å². The van der Waals surface area contributed by atoms with Gasteiger partial charge in [0.1, 0.15) is 5.60 Å². The first-order valence-electron chi connectivity index (χ1n) is 9.67. The second-order valence-electron chi connectivity index (χ2n) is 7.92. The Morgan fingerprint density at radius 3 is 1.89 bits per heavy atom. The highest BCUT2D eigenvalue weighted by Crippen LogP contribution is 2.36. The molecule has 0 heterocycles. The molecule has 0 spiro atoms. The van der Waals surface area contributed by atoms with Gasteiger partial charge in [-0.05, 0) is 51.4 Å². The number of carbonyl (C=O) groups excluding carboxylic acids is 1. The fraction of sp³-hybridized carbons (Fsp3) is 0.435. The second kappa shape index (κ2) is 9.90. The predicted octanol–water partition coefficient (Wildman–Crippen LogP) is 5.06. The van der Waals surface area contributed by atoms with E-state index in [2.05, 4.69) is 67.7 Å². The molecular weight excluding hydrogens is 353 g/mol. The Balaban J connectivity index is 2.26. The minimum atomic E-state index is -0.562. The molecule has 27 heavy (non-hydrogen) atoms. The van der Waals surface area contributed by atoms with Gasteiger partial charge in [-0.25, -0.2) is 4.79 Å². The third-order valence-electron chi connectivity index (χ3n) is 4.55. The molecule has 2 aromatic carbocycles. The van der Waals surface area contributed by atoms with Crippen LogP contribution in [-0.4, -0.2) is 23.9 Å². The zero-order valence-electron chi connectivity index (χ0n) is 17.1. The van der Waals surface area contributed by atoms with Crippen molar-refractivity contribution in [3.63, 3.8) is 0 Å². The first-order chi connectivity index (χ1) is 12.8. The minimum Gasteiger partial charge on any atom is -0.444 e. The highest BCUT2D eigenvalue weighted by molar-refractivity contribution is 7.73. The van der Waals surface area contributed by atoms with E-state index in [0.717, 1.165) is 12.6 Å². The SMILES string of the molecule is CC[C@H](C)[C@@H](CP(c1ccccc1)c1ccccc1)NC(=O)OC(C)(C)C. The van der Waals surface area contributed by atoms with Gasteiger partial charge in [-0.15, -0.1) is 0 Å². The Morgan fingerprint density at radius 2 is 1.48 bits per heavy atom. The Bertz CT molecular complexity index is 658. The number of nitrogens with one attached hydrogen (secondary N) is 1. The van der Waals surface area contributed by atoms with Crippen molar-refractivity contribution < 1.29 is 9.53 Å².